The molecule has 0 saturated heterocycles. The lowest BCUT2D eigenvalue weighted by Crippen LogP contribution is -2.12. The van der Waals surface area contributed by atoms with Crippen LogP contribution >= 0.6 is 0 Å². The highest BCUT2D eigenvalue weighted by atomic mass is 16.1. The maximum atomic E-state index is 12.0. The summed E-state index contributed by atoms with van der Waals surface area (Å²) in [5, 5.41) is 7.06. The number of rotatable bonds is 3. The maximum absolute atomic E-state index is 12.0. The maximum Gasteiger partial charge on any atom is 0.256 e. The number of pyridine rings is 1. The van der Waals surface area contributed by atoms with Crippen LogP contribution in [0, 0.1) is 0 Å². The Morgan fingerprint density at radius 2 is 1.75 bits per heavy atom. The molecular weight excluding hydrogens is 252 g/mol. The quantitative estimate of drug-likeness (QED) is 0.790. The molecule has 98 valence electrons. The van der Waals surface area contributed by atoms with Crippen molar-refractivity contribution in [2.75, 3.05) is 5.32 Å². The Labute approximate surface area is 115 Å². The minimum absolute atomic E-state index is 0.203. The van der Waals surface area contributed by atoms with Gasteiger partial charge in [-0.05, 0) is 24.3 Å². The molecule has 0 bridgehead atoms. The topological polar surface area (TPSA) is 59.8 Å². The highest BCUT2D eigenvalue weighted by molar-refractivity contribution is 6.03. The van der Waals surface area contributed by atoms with Crippen molar-refractivity contribution in [1.29, 1.82) is 0 Å². The summed E-state index contributed by atoms with van der Waals surface area (Å²) in [6.07, 6.45) is 4.96. The van der Waals surface area contributed by atoms with Gasteiger partial charge in [-0.3, -0.25) is 9.78 Å². The van der Waals surface area contributed by atoms with Gasteiger partial charge in [-0.2, -0.15) is 5.10 Å². The molecule has 0 spiro atoms. The molecule has 1 aromatic carbocycles. The predicted molar refractivity (Wildman–Crippen MR) is 75.8 cm³/mol. The standard InChI is InChI=1S/C15H12N4O/c20-15(12-6-9-16-10-7-12)17-14-8-11-19(18-14)13-4-2-1-3-5-13/h1-11H,(H,17,18,20). The second-order valence-electron chi connectivity index (χ2n) is 4.17. The van der Waals surface area contributed by atoms with Gasteiger partial charge in [-0.15, -0.1) is 0 Å². The van der Waals surface area contributed by atoms with Crippen molar-refractivity contribution < 1.29 is 4.79 Å². The van der Waals surface area contributed by atoms with Crippen LogP contribution < -0.4 is 5.32 Å². The number of nitrogens with one attached hydrogen (secondary N) is 1. The van der Waals surface area contributed by atoms with Gasteiger partial charge in [0.25, 0.3) is 5.91 Å². The van der Waals surface area contributed by atoms with E-state index in [1.165, 1.54) is 0 Å². The number of carbonyl (C=O) groups is 1. The summed E-state index contributed by atoms with van der Waals surface area (Å²) in [5.74, 6) is 0.307. The number of benzene rings is 1. The normalized spacial score (nSPS) is 10.2. The van der Waals surface area contributed by atoms with E-state index in [0.717, 1.165) is 5.69 Å². The minimum atomic E-state index is -0.203. The van der Waals surface area contributed by atoms with E-state index >= 15 is 0 Å². The lowest BCUT2D eigenvalue weighted by atomic mass is 10.2. The Bertz CT molecular complexity index is 707. The second-order valence-corrected chi connectivity index (χ2v) is 4.17. The first-order valence-corrected chi connectivity index (χ1v) is 6.15. The highest BCUT2D eigenvalue weighted by Gasteiger charge is 2.07. The molecule has 0 aliphatic carbocycles. The number of para-hydroxylation sites is 1. The summed E-state index contributed by atoms with van der Waals surface area (Å²) in [7, 11) is 0. The molecule has 2 aromatic heterocycles. The van der Waals surface area contributed by atoms with Gasteiger partial charge in [-0.25, -0.2) is 4.68 Å². The molecule has 5 heteroatoms. The molecule has 3 rings (SSSR count). The largest absolute Gasteiger partial charge is 0.305 e. The van der Waals surface area contributed by atoms with Crippen LogP contribution in [0.4, 0.5) is 5.82 Å². The third-order valence-corrected chi connectivity index (χ3v) is 2.79. The molecule has 2 heterocycles. The summed E-state index contributed by atoms with van der Waals surface area (Å²) < 4.78 is 1.71. The van der Waals surface area contributed by atoms with Gasteiger partial charge in [0, 0.05) is 30.2 Å². The zero-order valence-corrected chi connectivity index (χ0v) is 10.6. The lowest BCUT2D eigenvalue weighted by Gasteiger charge is -2.02. The Morgan fingerprint density at radius 3 is 2.50 bits per heavy atom. The molecule has 5 nitrogen and oxygen atoms in total. The van der Waals surface area contributed by atoms with Crippen LogP contribution in [0.15, 0.2) is 67.1 Å². The molecule has 0 aliphatic rings. The minimum Gasteiger partial charge on any atom is -0.305 e. The predicted octanol–water partition coefficient (Wildman–Crippen LogP) is 2.52. The van der Waals surface area contributed by atoms with E-state index in [9.17, 15) is 4.79 Å². The first-order chi connectivity index (χ1) is 9.83. The molecule has 0 radical (unpaired) electrons. The fraction of sp³-hybridized carbons (Fsp3) is 0. The third-order valence-electron chi connectivity index (χ3n) is 2.79. The Balaban J connectivity index is 1.77. The van der Waals surface area contributed by atoms with Crippen LogP contribution in [0.1, 0.15) is 10.4 Å². The Hall–Kier alpha value is -2.95. The van der Waals surface area contributed by atoms with Gasteiger partial charge in [0.15, 0.2) is 5.82 Å². The van der Waals surface area contributed by atoms with Crippen molar-refractivity contribution in [2.24, 2.45) is 0 Å². The van der Waals surface area contributed by atoms with Gasteiger partial charge in [-0.1, -0.05) is 18.2 Å². The van der Waals surface area contributed by atoms with Gasteiger partial charge >= 0.3 is 0 Å². The molecular formula is C15H12N4O. The Kier molecular flexibility index (Phi) is 3.24. The van der Waals surface area contributed by atoms with Crippen molar-refractivity contribution in [3.63, 3.8) is 0 Å². The molecule has 3 aromatic rings. The van der Waals surface area contributed by atoms with Crippen LogP contribution in [0.25, 0.3) is 5.69 Å². The van der Waals surface area contributed by atoms with Crippen LogP contribution in [-0.2, 0) is 0 Å². The number of carbonyl (C=O) groups excluding carboxylic acids is 1. The van der Waals surface area contributed by atoms with Crippen LogP contribution in [0.2, 0.25) is 0 Å². The van der Waals surface area contributed by atoms with E-state index in [1.54, 1.807) is 41.5 Å². The van der Waals surface area contributed by atoms with Gasteiger partial charge < -0.3 is 5.32 Å². The number of anilines is 1. The van der Waals surface area contributed by atoms with Crippen molar-refractivity contribution in [2.45, 2.75) is 0 Å². The fourth-order valence-corrected chi connectivity index (χ4v) is 1.81. The van der Waals surface area contributed by atoms with Crippen LogP contribution in [-0.4, -0.2) is 20.7 Å². The third kappa shape index (κ3) is 2.56. The van der Waals surface area contributed by atoms with E-state index in [2.05, 4.69) is 15.4 Å². The monoisotopic (exact) mass is 264 g/mol. The molecule has 1 N–H and O–H groups in total. The second kappa shape index (κ2) is 5.36. The molecule has 0 atom stereocenters. The smallest absolute Gasteiger partial charge is 0.256 e. The zero-order chi connectivity index (χ0) is 13.8. The zero-order valence-electron chi connectivity index (χ0n) is 10.6. The van der Waals surface area contributed by atoms with Gasteiger partial charge in [0.2, 0.25) is 0 Å². The van der Waals surface area contributed by atoms with Crippen LogP contribution in [0.5, 0.6) is 0 Å². The molecule has 0 aliphatic heterocycles. The van der Waals surface area contributed by atoms with Crippen LogP contribution in [0.3, 0.4) is 0 Å². The molecule has 1 amide bonds. The molecule has 0 fully saturated rings. The number of amides is 1. The number of hydrogen-bond acceptors (Lipinski definition) is 3. The van der Waals surface area contributed by atoms with Gasteiger partial charge in [0.1, 0.15) is 0 Å². The lowest BCUT2D eigenvalue weighted by molar-refractivity contribution is 0.102. The number of hydrogen-bond donors (Lipinski definition) is 1. The molecule has 0 unspecified atom stereocenters. The van der Waals surface area contributed by atoms with E-state index < -0.39 is 0 Å². The van der Waals surface area contributed by atoms with E-state index in [0.29, 0.717) is 11.4 Å². The van der Waals surface area contributed by atoms with Crippen molar-refractivity contribution >= 4 is 11.7 Å². The summed E-state index contributed by atoms with van der Waals surface area (Å²) in [4.78, 5) is 15.9. The average molecular weight is 264 g/mol. The van der Waals surface area contributed by atoms with Gasteiger partial charge in [0.05, 0.1) is 5.69 Å². The molecule has 20 heavy (non-hydrogen) atoms. The SMILES string of the molecule is O=C(Nc1ccn(-c2ccccc2)n1)c1ccncc1. The van der Waals surface area contributed by atoms with E-state index in [1.807, 2.05) is 30.3 Å². The van der Waals surface area contributed by atoms with E-state index in [-0.39, 0.29) is 5.91 Å². The number of nitrogens with zero attached hydrogens (tertiary/aromatic N) is 3. The first kappa shape index (κ1) is 12.1. The average Bonchev–Trinajstić information content (AvgIpc) is 2.97. The van der Waals surface area contributed by atoms with Crippen molar-refractivity contribution in [3.8, 4) is 5.69 Å². The number of aromatic nitrogens is 3. The molecule has 0 saturated carbocycles. The Morgan fingerprint density at radius 1 is 1.00 bits per heavy atom. The summed E-state index contributed by atoms with van der Waals surface area (Å²) in [5.41, 5.74) is 1.49. The first-order valence-electron chi connectivity index (χ1n) is 6.15. The van der Waals surface area contributed by atoms with Crippen molar-refractivity contribution in [1.82, 2.24) is 14.8 Å². The summed E-state index contributed by atoms with van der Waals surface area (Å²) in [6.45, 7) is 0. The van der Waals surface area contributed by atoms with E-state index in [4.69, 9.17) is 0 Å². The fourth-order valence-electron chi connectivity index (χ4n) is 1.81. The highest BCUT2D eigenvalue weighted by Crippen LogP contribution is 2.10. The summed E-state index contributed by atoms with van der Waals surface area (Å²) in [6, 6.07) is 14.8. The van der Waals surface area contributed by atoms with Crippen molar-refractivity contribution in [3.05, 3.63) is 72.7 Å². The summed E-state index contributed by atoms with van der Waals surface area (Å²) >= 11 is 0.